The molecule has 5 nitrogen and oxygen atoms in total. The fraction of sp³-hybridized carbons (Fsp3) is 0.476. The Hall–Kier alpha value is -2.21. The summed E-state index contributed by atoms with van der Waals surface area (Å²) in [5, 5.41) is 13.1. The molecule has 2 saturated carbocycles. The van der Waals surface area contributed by atoms with E-state index in [4.69, 9.17) is 0 Å². The normalized spacial score (nSPS) is 26.3. The second kappa shape index (κ2) is 6.75. The van der Waals surface area contributed by atoms with Crippen LogP contribution in [0.15, 0.2) is 18.2 Å². The lowest BCUT2D eigenvalue weighted by atomic mass is 9.79. The molecule has 1 amide bonds. The first kappa shape index (κ1) is 18.2. The number of carboxylic acid groups (broad SMARTS) is 1. The van der Waals surface area contributed by atoms with Crippen molar-refractivity contribution in [2.75, 3.05) is 5.32 Å². The zero-order valence-corrected chi connectivity index (χ0v) is 16.6. The van der Waals surface area contributed by atoms with Crippen molar-refractivity contribution >= 4 is 28.3 Å². The highest BCUT2D eigenvalue weighted by atomic mass is 32.1. The summed E-state index contributed by atoms with van der Waals surface area (Å²) in [5.41, 5.74) is 4.28. The summed E-state index contributed by atoms with van der Waals surface area (Å²) in [5.74, 6) is -1.68. The number of thiazole rings is 1. The van der Waals surface area contributed by atoms with Crippen LogP contribution in [0.1, 0.15) is 35.3 Å². The van der Waals surface area contributed by atoms with E-state index in [1.165, 1.54) is 16.9 Å². The third kappa shape index (κ3) is 3.16. The van der Waals surface area contributed by atoms with E-state index >= 15 is 0 Å². The summed E-state index contributed by atoms with van der Waals surface area (Å²) in [6, 6.07) is 6.26. The highest BCUT2D eigenvalue weighted by molar-refractivity contribution is 7.16. The molecular formula is C21H24N2O3S. The monoisotopic (exact) mass is 384 g/mol. The molecule has 27 heavy (non-hydrogen) atoms. The van der Waals surface area contributed by atoms with E-state index in [2.05, 4.69) is 42.3 Å². The van der Waals surface area contributed by atoms with Crippen LogP contribution in [0.5, 0.6) is 0 Å². The maximum absolute atomic E-state index is 12.9. The number of anilines is 1. The molecule has 2 N–H and O–H groups in total. The average molecular weight is 385 g/mol. The number of fused-ring (bicyclic) bond motifs is 2. The number of carbonyl (C=O) groups is 2. The Bertz CT molecular complexity index is 920. The summed E-state index contributed by atoms with van der Waals surface area (Å²) in [7, 11) is 0. The predicted molar refractivity (Wildman–Crippen MR) is 106 cm³/mol. The van der Waals surface area contributed by atoms with E-state index in [0.29, 0.717) is 5.13 Å². The van der Waals surface area contributed by atoms with E-state index in [9.17, 15) is 14.7 Å². The van der Waals surface area contributed by atoms with Crippen LogP contribution >= 0.6 is 11.3 Å². The van der Waals surface area contributed by atoms with Crippen LogP contribution < -0.4 is 5.32 Å². The highest BCUT2D eigenvalue weighted by Gasteiger charge is 2.54. The minimum absolute atomic E-state index is 0.145. The van der Waals surface area contributed by atoms with Gasteiger partial charge in [0, 0.05) is 10.4 Å². The fourth-order valence-electron chi connectivity index (χ4n) is 4.90. The second-order valence-electron chi connectivity index (χ2n) is 7.95. The maximum atomic E-state index is 12.9. The minimum atomic E-state index is -0.839. The number of carbonyl (C=O) groups excluding carboxylic acids is 1. The van der Waals surface area contributed by atoms with Gasteiger partial charge in [-0.2, -0.15) is 0 Å². The lowest BCUT2D eigenvalue weighted by Crippen LogP contribution is -2.37. The van der Waals surface area contributed by atoms with Crippen LogP contribution in [-0.4, -0.2) is 22.0 Å². The number of aryl methyl sites for hydroxylation is 3. The molecule has 1 heterocycles. The molecule has 0 radical (unpaired) electrons. The van der Waals surface area contributed by atoms with Crippen LogP contribution in [0, 0.1) is 44.4 Å². The van der Waals surface area contributed by atoms with Crippen LogP contribution in [0.3, 0.4) is 0 Å². The molecule has 142 valence electrons. The van der Waals surface area contributed by atoms with E-state index in [-0.39, 0.29) is 17.7 Å². The van der Waals surface area contributed by atoms with Crippen molar-refractivity contribution in [1.82, 2.24) is 4.98 Å². The van der Waals surface area contributed by atoms with Crippen molar-refractivity contribution in [1.29, 1.82) is 0 Å². The molecule has 2 bridgehead atoms. The number of amides is 1. The van der Waals surface area contributed by atoms with Crippen molar-refractivity contribution in [3.8, 4) is 11.3 Å². The van der Waals surface area contributed by atoms with Crippen molar-refractivity contribution in [3.63, 3.8) is 0 Å². The second-order valence-corrected chi connectivity index (χ2v) is 9.16. The molecule has 0 saturated heterocycles. The number of aromatic nitrogens is 1. The van der Waals surface area contributed by atoms with Gasteiger partial charge in [0.1, 0.15) is 0 Å². The molecule has 0 spiro atoms. The third-order valence-electron chi connectivity index (χ3n) is 6.18. The quantitative estimate of drug-likeness (QED) is 0.818. The summed E-state index contributed by atoms with van der Waals surface area (Å²) in [6.07, 6.45) is 2.75. The molecule has 0 unspecified atom stereocenters. The SMILES string of the molecule is Cc1ccc(C)c(-c2nc(NC(=O)[C@H]3[C@H]4CC[C@@H](C4)[C@H]3C(=O)O)sc2C)c1. The van der Waals surface area contributed by atoms with Crippen LogP contribution in [0.25, 0.3) is 11.3 Å². The minimum Gasteiger partial charge on any atom is -0.481 e. The molecule has 0 aliphatic heterocycles. The molecule has 2 fully saturated rings. The number of rotatable bonds is 4. The summed E-state index contributed by atoms with van der Waals surface area (Å²) in [6.45, 7) is 6.11. The van der Waals surface area contributed by atoms with Gasteiger partial charge in [0.25, 0.3) is 0 Å². The van der Waals surface area contributed by atoms with Crippen molar-refractivity contribution < 1.29 is 14.7 Å². The van der Waals surface area contributed by atoms with Gasteiger partial charge in [-0.25, -0.2) is 4.98 Å². The van der Waals surface area contributed by atoms with E-state index in [1.807, 2.05) is 6.92 Å². The van der Waals surface area contributed by atoms with Gasteiger partial charge < -0.3 is 10.4 Å². The number of nitrogens with zero attached hydrogens (tertiary/aromatic N) is 1. The van der Waals surface area contributed by atoms with Crippen LogP contribution in [-0.2, 0) is 9.59 Å². The first-order valence-electron chi connectivity index (χ1n) is 9.44. The molecule has 1 aromatic heterocycles. The number of benzene rings is 1. The topological polar surface area (TPSA) is 79.3 Å². The maximum Gasteiger partial charge on any atom is 0.307 e. The summed E-state index contributed by atoms with van der Waals surface area (Å²) in [4.78, 5) is 30.3. The van der Waals surface area contributed by atoms with Gasteiger partial charge in [-0.15, -0.1) is 11.3 Å². The zero-order valence-electron chi connectivity index (χ0n) is 15.8. The first-order valence-corrected chi connectivity index (χ1v) is 10.3. The molecule has 2 aromatic rings. The van der Waals surface area contributed by atoms with Crippen LogP contribution in [0.4, 0.5) is 5.13 Å². The Morgan fingerprint density at radius 2 is 1.85 bits per heavy atom. The van der Waals surface area contributed by atoms with Gasteiger partial charge in [0.05, 0.1) is 17.5 Å². The number of aliphatic carboxylic acids is 1. The highest BCUT2D eigenvalue weighted by Crippen LogP contribution is 2.52. The van der Waals surface area contributed by atoms with Crippen molar-refractivity contribution in [3.05, 3.63) is 34.2 Å². The number of nitrogens with one attached hydrogen (secondary N) is 1. The zero-order chi connectivity index (χ0) is 19.3. The molecule has 2 aliphatic carbocycles. The Morgan fingerprint density at radius 1 is 1.15 bits per heavy atom. The fourth-order valence-corrected chi connectivity index (χ4v) is 5.73. The third-order valence-corrected chi connectivity index (χ3v) is 7.07. The summed E-state index contributed by atoms with van der Waals surface area (Å²) < 4.78 is 0. The Morgan fingerprint density at radius 3 is 2.56 bits per heavy atom. The summed E-state index contributed by atoms with van der Waals surface area (Å²) >= 11 is 1.45. The molecule has 1 aromatic carbocycles. The number of hydrogen-bond acceptors (Lipinski definition) is 4. The molecule has 6 heteroatoms. The Kier molecular flexibility index (Phi) is 4.54. The Labute approximate surface area is 162 Å². The van der Waals surface area contributed by atoms with Gasteiger partial charge in [0.2, 0.25) is 5.91 Å². The Balaban J connectivity index is 1.58. The van der Waals surface area contributed by atoms with Crippen LogP contribution in [0.2, 0.25) is 0 Å². The van der Waals surface area contributed by atoms with Gasteiger partial charge in [-0.05, 0) is 63.5 Å². The average Bonchev–Trinajstić information content (AvgIpc) is 3.31. The van der Waals surface area contributed by atoms with Gasteiger partial charge in [-0.1, -0.05) is 17.7 Å². The first-order chi connectivity index (χ1) is 12.8. The molecule has 4 rings (SSSR count). The smallest absolute Gasteiger partial charge is 0.307 e. The van der Waals surface area contributed by atoms with Gasteiger partial charge in [0.15, 0.2) is 5.13 Å². The van der Waals surface area contributed by atoms with Gasteiger partial charge >= 0.3 is 5.97 Å². The number of carboxylic acids is 1. The van der Waals surface area contributed by atoms with Gasteiger partial charge in [-0.3, -0.25) is 9.59 Å². The van der Waals surface area contributed by atoms with Crippen molar-refractivity contribution in [2.45, 2.75) is 40.0 Å². The number of hydrogen-bond donors (Lipinski definition) is 2. The van der Waals surface area contributed by atoms with E-state index < -0.39 is 17.8 Å². The molecular weight excluding hydrogens is 360 g/mol. The predicted octanol–water partition coefficient (Wildman–Crippen LogP) is 4.42. The lowest BCUT2D eigenvalue weighted by molar-refractivity contribution is -0.148. The van der Waals surface area contributed by atoms with E-state index in [0.717, 1.165) is 41.0 Å². The largest absolute Gasteiger partial charge is 0.481 e. The lowest BCUT2D eigenvalue weighted by Gasteiger charge is -2.26. The van der Waals surface area contributed by atoms with E-state index in [1.54, 1.807) is 0 Å². The van der Waals surface area contributed by atoms with Crippen molar-refractivity contribution in [2.24, 2.45) is 23.7 Å². The standard InChI is InChI=1S/C21H24N2O3S/c1-10-4-5-11(2)15(8-10)18-12(3)27-21(22-18)23-19(24)16-13-6-7-14(9-13)17(16)20(25)26/h4-5,8,13-14,16-17H,6-7,9H2,1-3H3,(H,25,26)(H,22,23,24)/t13-,14-,16-,17+/m0/s1. The molecule has 4 atom stereocenters. The molecule has 2 aliphatic rings.